The van der Waals surface area contributed by atoms with Gasteiger partial charge in [0, 0.05) is 30.4 Å². The van der Waals surface area contributed by atoms with Gasteiger partial charge >= 0.3 is 0 Å². The fourth-order valence-corrected chi connectivity index (χ4v) is 7.56. The standard InChI is InChI=1S/C38H56BrFN4O5S/c1-26-32(50-25-42-26)27-15-16-28(31(21-27)49-20-14-12-10-8-6-5-7-9-11-13-19-39)23-41-34(46)30-22-29(45)24-44(30)35(47)33(37(2,3)4)43-36(48)38(40)17-18-38/h15-16,21,25,29-30,33,45H,5-14,17-20,22-24H2,1-4H3,(H,41,46)(H,43,48)/t29-,30+,33?/m1/s1. The molecule has 278 valence electrons. The van der Waals surface area contributed by atoms with Gasteiger partial charge in [-0.25, -0.2) is 9.37 Å². The van der Waals surface area contributed by atoms with E-state index in [1.54, 1.807) is 32.1 Å². The number of aliphatic hydroxyl groups is 1. The molecule has 1 unspecified atom stereocenters. The third-order valence-electron chi connectivity index (χ3n) is 9.66. The van der Waals surface area contributed by atoms with Crippen molar-refractivity contribution in [1.29, 1.82) is 0 Å². The number of nitrogens with one attached hydrogen (secondary N) is 2. The SMILES string of the molecule is Cc1ncsc1-c1ccc(CNC(=O)[C@@H]2C[C@@H](O)CN2C(=O)C(NC(=O)C2(F)CC2)C(C)(C)C)c(OCCCCCCCCCCCCBr)c1. The van der Waals surface area contributed by atoms with Crippen molar-refractivity contribution in [2.45, 2.75) is 142 Å². The predicted octanol–water partition coefficient (Wildman–Crippen LogP) is 7.40. The normalized spacial score (nSPS) is 18.9. The van der Waals surface area contributed by atoms with E-state index < -0.39 is 47.0 Å². The van der Waals surface area contributed by atoms with E-state index in [4.69, 9.17) is 4.74 Å². The van der Waals surface area contributed by atoms with Gasteiger partial charge in [0.25, 0.3) is 5.91 Å². The van der Waals surface area contributed by atoms with E-state index in [-0.39, 0.29) is 32.4 Å². The predicted molar refractivity (Wildman–Crippen MR) is 200 cm³/mol. The summed E-state index contributed by atoms with van der Waals surface area (Å²) < 4.78 is 20.9. The Hall–Kier alpha value is -2.57. The lowest BCUT2D eigenvalue weighted by Crippen LogP contribution is -2.59. The van der Waals surface area contributed by atoms with Crippen molar-refractivity contribution in [3.8, 4) is 16.2 Å². The zero-order valence-electron chi connectivity index (χ0n) is 30.2. The number of amides is 3. The van der Waals surface area contributed by atoms with Crippen LogP contribution in [-0.2, 0) is 20.9 Å². The van der Waals surface area contributed by atoms with Gasteiger partial charge < -0.3 is 25.4 Å². The van der Waals surface area contributed by atoms with E-state index in [2.05, 4.69) is 31.5 Å². The first-order chi connectivity index (χ1) is 23.8. The quantitative estimate of drug-likeness (QED) is 0.0952. The number of aliphatic hydroxyl groups excluding tert-OH is 1. The molecule has 0 bridgehead atoms. The molecule has 3 N–H and O–H groups in total. The van der Waals surface area contributed by atoms with Crippen LogP contribution in [0.5, 0.6) is 5.75 Å². The van der Waals surface area contributed by atoms with Crippen molar-refractivity contribution in [2.24, 2.45) is 5.41 Å². The molecule has 2 aromatic rings. The molecule has 1 aliphatic carbocycles. The first-order valence-corrected chi connectivity index (χ1v) is 20.3. The van der Waals surface area contributed by atoms with E-state index in [1.807, 2.05) is 30.6 Å². The summed E-state index contributed by atoms with van der Waals surface area (Å²) >= 11 is 5.06. The second-order valence-electron chi connectivity index (χ2n) is 15.0. The number of benzene rings is 1. The smallest absolute Gasteiger partial charge is 0.258 e. The second kappa shape index (κ2) is 18.8. The van der Waals surface area contributed by atoms with Gasteiger partial charge in [0.2, 0.25) is 11.8 Å². The van der Waals surface area contributed by atoms with Gasteiger partial charge in [0.05, 0.1) is 28.8 Å². The number of aromatic nitrogens is 1. The third-order valence-corrected chi connectivity index (χ3v) is 11.2. The lowest BCUT2D eigenvalue weighted by Gasteiger charge is -2.35. The summed E-state index contributed by atoms with van der Waals surface area (Å²) in [6.07, 6.45) is 11.7. The topological polar surface area (TPSA) is 121 Å². The van der Waals surface area contributed by atoms with Gasteiger partial charge in [0.15, 0.2) is 5.67 Å². The van der Waals surface area contributed by atoms with Crippen LogP contribution in [-0.4, -0.2) is 75.1 Å². The number of aryl methyl sites for hydroxylation is 1. The maximum Gasteiger partial charge on any atom is 0.258 e. The number of ether oxygens (including phenoxy) is 1. The Morgan fingerprint density at radius 3 is 2.30 bits per heavy atom. The van der Waals surface area contributed by atoms with Crippen LogP contribution in [0.25, 0.3) is 10.4 Å². The summed E-state index contributed by atoms with van der Waals surface area (Å²) in [5.41, 5.74) is 1.88. The lowest BCUT2D eigenvalue weighted by molar-refractivity contribution is -0.145. The van der Waals surface area contributed by atoms with Crippen molar-refractivity contribution < 1.29 is 28.6 Å². The summed E-state index contributed by atoms with van der Waals surface area (Å²) in [6, 6.07) is 3.96. The molecule has 0 spiro atoms. The van der Waals surface area contributed by atoms with E-state index in [0.29, 0.717) is 12.4 Å². The zero-order chi connectivity index (χ0) is 36.3. The lowest BCUT2D eigenvalue weighted by atomic mass is 9.85. The van der Waals surface area contributed by atoms with E-state index in [1.165, 1.54) is 56.3 Å². The fourth-order valence-electron chi connectivity index (χ4n) is 6.37. The summed E-state index contributed by atoms with van der Waals surface area (Å²) in [6.45, 7) is 8.01. The number of rotatable bonds is 20. The number of halogens is 2. The van der Waals surface area contributed by atoms with Gasteiger partial charge in [-0.05, 0) is 49.7 Å². The summed E-state index contributed by atoms with van der Waals surface area (Å²) in [4.78, 5) is 46.8. The van der Waals surface area contributed by atoms with E-state index in [0.717, 1.165) is 39.9 Å². The Kier molecular flexibility index (Phi) is 15.1. The highest BCUT2D eigenvalue weighted by Crippen LogP contribution is 2.40. The summed E-state index contributed by atoms with van der Waals surface area (Å²) in [7, 11) is 0. The van der Waals surface area contributed by atoms with Crippen LogP contribution < -0.4 is 15.4 Å². The average Bonchev–Trinajstić information content (AvgIpc) is 3.48. The molecule has 1 saturated carbocycles. The minimum Gasteiger partial charge on any atom is -0.493 e. The number of β-amino-alcohol motifs (C(OH)–C–C–N with tert-alkyl or cyclic N) is 1. The van der Waals surface area contributed by atoms with Gasteiger partial charge in [0.1, 0.15) is 17.8 Å². The highest BCUT2D eigenvalue weighted by Gasteiger charge is 2.53. The average molecular weight is 780 g/mol. The van der Waals surface area contributed by atoms with E-state index in [9.17, 15) is 23.9 Å². The Labute approximate surface area is 309 Å². The minimum absolute atomic E-state index is 0.0468. The number of unbranched alkanes of at least 4 members (excludes halogenated alkanes) is 9. The van der Waals surface area contributed by atoms with Crippen LogP contribution in [0.2, 0.25) is 0 Å². The molecule has 0 radical (unpaired) electrons. The number of carbonyl (C=O) groups excluding carboxylic acids is 3. The number of hydrogen-bond acceptors (Lipinski definition) is 7. The number of hydrogen-bond donors (Lipinski definition) is 3. The highest BCUT2D eigenvalue weighted by molar-refractivity contribution is 9.09. The molecule has 1 aromatic heterocycles. The van der Waals surface area contributed by atoms with Crippen molar-refractivity contribution >= 4 is 45.0 Å². The van der Waals surface area contributed by atoms with E-state index >= 15 is 0 Å². The number of thiazole rings is 1. The Balaban J connectivity index is 1.36. The first kappa shape index (κ1) is 40.2. The van der Waals surface area contributed by atoms with Crippen LogP contribution in [0.3, 0.4) is 0 Å². The van der Waals surface area contributed by atoms with Gasteiger partial charge in [-0.2, -0.15) is 0 Å². The van der Waals surface area contributed by atoms with Crippen molar-refractivity contribution in [1.82, 2.24) is 20.5 Å². The minimum atomic E-state index is -1.94. The molecule has 3 amide bonds. The molecule has 12 heteroatoms. The molecule has 2 aliphatic rings. The number of carbonyl (C=O) groups is 3. The van der Waals surface area contributed by atoms with Crippen LogP contribution in [0.15, 0.2) is 23.7 Å². The van der Waals surface area contributed by atoms with Crippen LogP contribution in [0.4, 0.5) is 4.39 Å². The van der Waals surface area contributed by atoms with Gasteiger partial charge in [-0.1, -0.05) is 100 Å². The third kappa shape index (κ3) is 11.5. The molecule has 2 heterocycles. The molecular formula is C38H56BrFN4O5S. The first-order valence-electron chi connectivity index (χ1n) is 18.3. The molecule has 3 atom stereocenters. The highest BCUT2D eigenvalue weighted by atomic mass is 79.9. The van der Waals surface area contributed by atoms with Gasteiger partial charge in [-0.3, -0.25) is 14.4 Å². The van der Waals surface area contributed by atoms with Crippen molar-refractivity contribution in [3.63, 3.8) is 0 Å². The largest absolute Gasteiger partial charge is 0.493 e. The molecule has 4 rings (SSSR count). The molecule has 1 aliphatic heterocycles. The fraction of sp³-hybridized carbons (Fsp3) is 0.684. The van der Waals surface area contributed by atoms with Crippen LogP contribution >= 0.6 is 27.3 Å². The number of nitrogens with zero attached hydrogens (tertiary/aromatic N) is 2. The number of likely N-dealkylation sites (tertiary alicyclic amines) is 1. The monoisotopic (exact) mass is 778 g/mol. The second-order valence-corrected chi connectivity index (χ2v) is 16.7. The van der Waals surface area contributed by atoms with Crippen molar-refractivity contribution in [2.75, 3.05) is 18.5 Å². The molecule has 2 fully saturated rings. The maximum absolute atomic E-state index is 14.5. The van der Waals surface area contributed by atoms with Crippen molar-refractivity contribution in [3.05, 3.63) is 35.0 Å². The number of alkyl halides is 2. The Morgan fingerprint density at radius 1 is 1.08 bits per heavy atom. The van der Waals surface area contributed by atoms with Crippen LogP contribution in [0, 0.1) is 12.3 Å². The maximum atomic E-state index is 14.5. The molecule has 1 aromatic carbocycles. The Bertz CT molecular complexity index is 1430. The molecule has 1 saturated heterocycles. The molecular weight excluding hydrogens is 723 g/mol. The Morgan fingerprint density at radius 2 is 1.72 bits per heavy atom. The molecule has 9 nitrogen and oxygen atoms in total. The summed E-state index contributed by atoms with van der Waals surface area (Å²) in [5.74, 6) is -1.03. The molecule has 50 heavy (non-hydrogen) atoms. The summed E-state index contributed by atoms with van der Waals surface area (Å²) in [5, 5.41) is 17.2. The van der Waals surface area contributed by atoms with Gasteiger partial charge in [-0.15, -0.1) is 11.3 Å². The zero-order valence-corrected chi connectivity index (χ0v) is 32.6. The van der Waals surface area contributed by atoms with Crippen LogP contribution in [0.1, 0.15) is 115 Å².